The average Bonchev–Trinajstić information content (AvgIpc) is 2.61. The Labute approximate surface area is 134 Å². The molecule has 1 heterocycles. The molecule has 0 aliphatic heterocycles. The molecule has 3 aromatic rings. The zero-order valence-corrected chi connectivity index (χ0v) is 12.9. The lowest BCUT2D eigenvalue weighted by molar-refractivity contribution is -0.120. The maximum absolute atomic E-state index is 12.2. The molecule has 4 heteroatoms. The Bertz CT molecular complexity index is 851. The van der Waals surface area contributed by atoms with Gasteiger partial charge in [0.15, 0.2) is 0 Å². The number of nitrogens with one attached hydrogen (secondary N) is 1. The van der Waals surface area contributed by atoms with Crippen LogP contribution < -0.4 is 5.43 Å². The molecule has 1 N–H and O–H groups in total. The SMILES string of the molecule is CC(=NNC(=O)Cc1cccc2ccccc12)c1ccccn1. The number of carbonyl (C=O) groups excluding carboxylic acids is 1. The van der Waals surface area contributed by atoms with Gasteiger partial charge in [-0.1, -0.05) is 48.5 Å². The highest BCUT2D eigenvalue weighted by molar-refractivity contribution is 5.97. The van der Waals surface area contributed by atoms with E-state index in [1.54, 1.807) is 6.20 Å². The molecule has 0 atom stereocenters. The molecule has 0 saturated carbocycles. The zero-order valence-electron chi connectivity index (χ0n) is 12.9. The van der Waals surface area contributed by atoms with Crippen molar-refractivity contribution in [3.05, 3.63) is 78.1 Å². The molecular formula is C19H17N3O. The van der Waals surface area contributed by atoms with Crippen LogP contribution in [0.4, 0.5) is 0 Å². The highest BCUT2D eigenvalue weighted by atomic mass is 16.2. The van der Waals surface area contributed by atoms with Gasteiger partial charge >= 0.3 is 0 Å². The number of amides is 1. The van der Waals surface area contributed by atoms with Crippen LogP contribution in [0, 0.1) is 0 Å². The van der Waals surface area contributed by atoms with E-state index in [0.717, 1.165) is 22.0 Å². The lowest BCUT2D eigenvalue weighted by atomic mass is 10.0. The van der Waals surface area contributed by atoms with E-state index in [4.69, 9.17) is 0 Å². The highest BCUT2D eigenvalue weighted by Gasteiger charge is 2.06. The Morgan fingerprint density at radius 2 is 1.83 bits per heavy atom. The number of fused-ring (bicyclic) bond motifs is 1. The van der Waals surface area contributed by atoms with Crippen molar-refractivity contribution in [2.45, 2.75) is 13.3 Å². The number of pyridine rings is 1. The van der Waals surface area contributed by atoms with Gasteiger partial charge in [-0.3, -0.25) is 9.78 Å². The summed E-state index contributed by atoms with van der Waals surface area (Å²) >= 11 is 0. The molecule has 3 rings (SSSR count). The number of carbonyl (C=O) groups is 1. The number of hydrazone groups is 1. The standard InChI is InChI=1S/C19H17N3O/c1-14(18-11-4-5-12-20-18)21-22-19(23)13-16-9-6-8-15-7-2-3-10-17(15)16/h2-12H,13H2,1H3,(H,22,23). The number of hydrogen-bond donors (Lipinski definition) is 1. The second-order valence-electron chi connectivity index (χ2n) is 5.26. The van der Waals surface area contributed by atoms with E-state index in [1.807, 2.05) is 67.6 Å². The van der Waals surface area contributed by atoms with Crippen LogP contribution in [-0.4, -0.2) is 16.6 Å². The highest BCUT2D eigenvalue weighted by Crippen LogP contribution is 2.18. The Kier molecular flexibility index (Phi) is 4.43. The molecule has 0 radical (unpaired) electrons. The van der Waals surface area contributed by atoms with Gasteiger partial charge in [0, 0.05) is 6.20 Å². The Hall–Kier alpha value is -3.01. The summed E-state index contributed by atoms with van der Waals surface area (Å²) in [7, 11) is 0. The van der Waals surface area contributed by atoms with Crippen LogP contribution in [0.3, 0.4) is 0 Å². The molecule has 114 valence electrons. The van der Waals surface area contributed by atoms with Crippen LogP contribution in [0.15, 0.2) is 72.0 Å². The number of aromatic nitrogens is 1. The van der Waals surface area contributed by atoms with Crippen molar-refractivity contribution in [1.29, 1.82) is 0 Å². The first-order chi connectivity index (χ1) is 11.2. The molecule has 23 heavy (non-hydrogen) atoms. The topological polar surface area (TPSA) is 54.4 Å². The van der Waals surface area contributed by atoms with Crippen molar-refractivity contribution in [1.82, 2.24) is 10.4 Å². The lowest BCUT2D eigenvalue weighted by Gasteiger charge is -2.06. The second kappa shape index (κ2) is 6.83. The van der Waals surface area contributed by atoms with Gasteiger partial charge < -0.3 is 0 Å². The van der Waals surface area contributed by atoms with Crippen molar-refractivity contribution in [2.75, 3.05) is 0 Å². The summed E-state index contributed by atoms with van der Waals surface area (Å²) in [6.45, 7) is 1.82. The predicted octanol–water partition coefficient (Wildman–Crippen LogP) is 3.32. The molecule has 0 unspecified atom stereocenters. The summed E-state index contributed by atoms with van der Waals surface area (Å²) < 4.78 is 0. The lowest BCUT2D eigenvalue weighted by Crippen LogP contribution is -2.21. The monoisotopic (exact) mass is 303 g/mol. The first kappa shape index (κ1) is 14.9. The summed E-state index contributed by atoms with van der Waals surface area (Å²) in [5.41, 5.74) is 5.02. The van der Waals surface area contributed by atoms with Crippen LogP contribution in [0.5, 0.6) is 0 Å². The number of nitrogens with zero attached hydrogens (tertiary/aromatic N) is 2. The minimum atomic E-state index is -0.142. The fraction of sp³-hybridized carbons (Fsp3) is 0.105. The van der Waals surface area contributed by atoms with Crippen molar-refractivity contribution < 1.29 is 4.79 Å². The summed E-state index contributed by atoms with van der Waals surface area (Å²) in [5.74, 6) is -0.142. The van der Waals surface area contributed by atoms with Crippen LogP contribution in [0.25, 0.3) is 10.8 Å². The van der Waals surface area contributed by atoms with Crippen molar-refractivity contribution in [3.8, 4) is 0 Å². The molecule has 0 bridgehead atoms. The number of rotatable bonds is 4. The zero-order chi connectivity index (χ0) is 16.1. The molecule has 2 aromatic carbocycles. The molecule has 0 fully saturated rings. The van der Waals surface area contributed by atoms with Crippen LogP contribution in [-0.2, 0) is 11.2 Å². The minimum absolute atomic E-state index is 0.142. The van der Waals surface area contributed by atoms with Gasteiger partial charge in [0.2, 0.25) is 5.91 Å². The van der Waals surface area contributed by atoms with Gasteiger partial charge in [0.25, 0.3) is 0 Å². The van der Waals surface area contributed by atoms with Gasteiger partial charge in [0.1, 0.15) is 0 Å². The Balaban J connectivity index is 1.72. The first-order valence-electron chi connectivity index (χ1n) is 7.45. The maximum atomic E-state index is 12.2. The molecule has 0 aliphatic rings. The van der Waals surface area contributed by atoms with Gasteiger partial charge in [-0.25, -0.2) is 5.43 Å². The molecular weight excluding hydrogens is 286 g/mol. The fourth-order valence-electron chi connectivity index (χ4n) is 2.44. The smallest absolute Gasteiger partial charge is 0.244 e. The number of benzene rings is 2. The molecule has 4 nitrogen and oxygen atoms in total. The van der Waals surface area contributed by atoms with E-state index in [1.165, 1.54) is 0 Å². The van der Waals surface area contributed by atoms with E-state index in [-0.39, 0.29) is 5.91 Å². The van der Waals surface area contributed by atoms with Gasteiger partial charge in [-0.15, -0.1) is 0 Å². The van der Waals surface area contributed by atoms with E-state index in [2.05, 4.69) is 15.5 Å². The van der Waals surface area contributed by atoms with E-state index in [9.17, 15) is 4.79 Å². The molecule has 0 aliphatic carbocycles. The molecule has 1 aromatic heterocycles. The first-order valence-corrected chi connectivity index (χ1v) is 7.45. The molecule has 0 spiro atoms. The van der Waals surface area contributed by atoms with Crippen LogP contribution in [0.2, 0.25) is 0 Å². The van der Waals surface area contributed by atoms with E-state index in [0.29, 0.717) is 12.1 Å². The average molecular weight is 303 g/mol. The normalized spacial score (nSPS) is 11.4. The summed E-state index contributed by atoms with van der Waals surface area (Å²) in [6, 6.07) is 19.6. The maximum Gasteiger partial charge on any atom is 0.244 e. The fourth-order valence-corrected chi connectivity index (χ4v) is 2.44. The van der Waals surface area contributed by atoms with Gasteiger partial charge in [0.05, 0.1) is 17.8 Å². The Morgan fingerprint density at radius 1 is 1.04 bits per heavy atom. The molecule has 0 saturated heterocycles. The van der Waals surface area contributed by atoms with E-state index < -0.39 is 0 Å². The third-order valence-corrected chi connectivity index (χ3v) is 3.61. The third kappa shape index (κ3) is 3.61. The van der Waals surface area contributed by atoms with Crippen molar-refractivity contribution in [2.24, 2.45) is 5.10 Å². The van der Waals surface area contributed by atoms with Gasteiger partial charge in [-0.05, 0) is 35.4 Å². The van der Waals surface area contributed by atoms with Crippen molar-refractivity contribution in [3.63, 3.8) is 0 Å². The van der Waals surface area contributed by atoms with Crippen LogP contribution >= 0.6 is 0 Å². The van der Waals surface area contributed by atoms with Gasteiger partial charge in [-0.2, -0.15) is 5.10 Å². The summed E-state index contributed by atoms with van der Waals surface area (Å²) in [5, 5.41) is 6.35. The predicted molar refractivity (Wildman–Crippen MR) is 92.2 cm³/mol. The number of hydrogen-bond acceptors (Lipinski definition) is 3. The quantitative estimate of drug-likeness (QED) is 0.594. The summed E-state index contributed by atoms with van der Waals surface area (Å²) in [6.07, 6.45) is 1.99. The Morgan fingerprint density at radius 3 is 2.65 bits per heavy atom. The second-order valence-corrected chi connectivity index (χ2v) is 5.26. The largest absolute Gasteiger partial charge is 0.273 e. The van der Waals surface area contributed by atoms with Crippen LogP contribution in [0.1, 0.15) is 18.2 Å². The van der Waals surface area contributed by atoms with E-state index >= 15 is 0 Å². The third-order valence-electron chi connectivity index (χ3n) is 3.61. The minimum Gasteiger partial charge on any atom is -0.273 e. The van der Waals surface area contributed by atoms with Crippen molar-refractivity contribution >= 4 is 22.4 Å². The summed E-state index contributed by atoms with van der Waals surface area (Å²) in [4.78, 5) is 16.4. The molecule has 1 amide bonds.